The molecule has 4 aromatic rings. The van der Waals surface area contributed by atoms with Crippen LogP contribution in [-0.2, 0) is 0 Å². The molecule has 0 spiro atoms. The molecule has 0 saturated carbocycles. The van der Waals surface area contributed by atoms with Crippen LogP contribution in [0, 0.1) is 19.8 Å². The van der Waals surface area contributed by atoms with E-state index in [1.54, 1.807) is 11.3 Å². The highest BCUT2D eigenvalue weighted by Crippen LogP contribution is 2.34. The fourth-order valence-corrected chi connectivity index (χ4v) is 5.20. The van der Waals surface area contributed by atoms with E-state index in [0.29, 0.717) is 5.92 Å². The van der Waals surface area contributed by atoms with Gasteiger partial charge in [-0.2, -0.15) is 5.10 Å². The minimum Gasteiger partial charge on any atom is -0.316 e. The van der Waals surface area contributed by atoms with Gasteiger partial charge in [-0.25, -0.2) is 9.50 Å². The summed E-state index contributed by atoms with van der Waals surface area (Å²) in [6.07, 6.45) is 6.30. The van der Waals surface area contributed by atoms with Crippen molar-refractivity contribution < 1.29 is 0 Å². The molecule has 1 fully saturated rings. The molecule has 1 N–H and O–H groups in total. The molecule has 28 heavy (non-hydrogen) atoms. The lowest BCUT2D eigenvalue weighted by molar-refractivity contribution is 0.487. The molecule has 0 aromatic carbocycles. The Hall–Kier alpha value is -2.38. The van der Waals surface area contributed by atoms with Crippen LogP contribution in [0.5, 0.6) is 0 Å². The molecule has 1 aliphatic rings. The summed E-state index contributed by atoms with van der Waals surface area (Å²) in [5, 5.41) is 8.16. The van der Waals surface area contributed by atoms with Gasteiger partial charge in [0, 0.05) is 4.88 Å². The van der Waals surface area contributed by atoms with Gasteiger partial charge in [0.25, 0.3) is 0 Å². The first-order valence-corrected chi connectivity index (χ1v) is 10.7. The van der Waals surface area contributed by atoms with E-state index in [1.807, 2.05) is 36.8 Å². The van der Waals surface area contributed by atoms with Crippen LogP contribution in [0.4, 0.5) is 0 Å². The summed E-state index contributed by atoms with van der Waals surface area (Å²) in [6, 6.07) is 4.26. The highest BCUT2D eigenvalue weighted by molar-refractivity contribution is 7.18. The number of nitrogens with zero attached hydrogens (tertiary/aromatic N) is 5. The van der Waals surface area contributed by atoms with Crippen molar-refractivity contribution in [1.29, 1.82) is 0 Å². The van der Waals surface area contributed by atoms with Gasteiger partial charge in [-0.15, -0.1) is 11.3 Å². The van der Waals surface area contributed by atoms with Gasteiger partial charge in [0.15, 0.2) is 0 Å². The third-order valence-electron chi connectivity index (χ3n) is 5.62. The van der Waals surface area contributed by atoms with E-state index in [9.17, 15) is 0 Å². The molecule has 2 atom stereocenters. The van der Waals surface area contributed by atoms with Crippen molar-refractivity contribution >= 4 is 27.2 Å². The summed E-state index contributed by atoms with van der Waals surface area (Å²) < 4.78 is 1.89. The van der Waals surface area contributed by atoms with Gasteiger partial charge < -0.3 is 5.32 Å². The van der Waals surface area contributed by atoms with Crippen LogP contribution in [0.15, 0.2) is 24.5 Å². The zero-order valence-electron chi connectivity index (χ0n) is 16.4. The average molecular weight is 393 g/mol. The molecule has 0 aliphatic carbocycles. The Balaban J connectivity index is 1.47. The number of fused-ring (bicyclic) bond motifs is 2. The molecule has 1 aliphatic heterocycles. The lowest BCUT2D eigenvalue weighted by atomic mass is 9.94. The minimum absolute atomic E-state index is 0.543. The van der Waals surface area contributed by atoms with Gasteiger partial charge in [-0.05, 0) is 63.7 Å². The van der Waals surface area contributed by atoms with Crippen LogP contribution in [0.3, 0.4) is 0 Å². The zero-order chi connectivity index (χ0) is 19.3. The molecular formula is C21H24N6S. The number of rotatable bonds is 4. The smallest absolute Gasteiger partial charge is 0.142 e. The van der Waals surface area contributed by atoms with Crippen LogP contribution in [0.25, 0.3) is 27.3 Å². The summed E-state index contributed by atoms with van der Waals surface area (Å²) in [5.41, 5.74) is 5.57. The summed E-state index contributed by atoms with van der Waals surface area (Å²) in [4.78, 5) is 16.4. The van der Waals surface area contributed by atoms with Gasteiger partial charge >= 0.3 is 0 Å². The largest absolute Gasteiger partial charge is 0.316 e. The highest BCUT2D eigenvalue weighted by atomic mass is 32.1. The van der Waals surface area contributed by atoms with Crippen LogP contribution in [0.2, 0.25) is 0 Å². The fraction of sp³-hybridized carbons (Fsp3) is 0.429. The van der Waals surface area contributed by atoms with E-state index in [4.69, 9.17) is 10.1 Å². The molecule has 0 bridgehead atoms. The topological polar surface area (TPSA) is 68.0 Å². The molecule has 1 saturated heterocycles. The number of nitrogens with one attached hydrogen (secondary N) is 1. The van der Waals surface area contributed by atoms with Crippen molar-refractivity contribution in [2.45, 2.75) is 39.5 Å². The summed E-state index contributed by atoms with van der Waals surface area (Å²) in [6.45, 7) is 8.62. The van der Waals surface area contributed by atoms with E-state index in [-0.39, 0.29) is 0 Å². The molecule has 4 aromatic heterocycles. The molecule has 0 radical (unpaired) electrons. The molecule has 2 unspecified atom stereocenters. The van der Waals surface area contributed by atoms with Crippen molar-refractivity contribution in [2.75, 3.05) is 13.1 Å². The van der Waals surface area contributed by atoms with Gasteiger partial charge in [0.1, 0.15) is 21.7 Å². The minimum atomic E-state index is 0.543. The second-order valence-corrected chi connectivity index (χ2v) is 8.98. The number of aryl methyl sites for hydroxylation is 2. The standard InChI is InChI=1S/C21H24N6S/c1-12(6-15-4-5-22-9-15)20-8-17-21(28-20)25-18(10-23-17)16-7-19-14(3)24-13(2)11-27(19)26-16/h7-8,10-12,15,22H,4-6,9H2,1-3H3. The molecule has 7 heteroatoms. The Bertz CT molecular complexity index is 1150. The van der Waals surface area contributed by atoms with Gasteiger partial charge in [-0.1, -0.05) is 6.92 Å². The van der Waals surface area contributed by atoms with E-state index in [0.717, 1.165) is 57.6 Å². The first-order chi connectivity index (χ1) is 13.6. The average Bonchev–Trinajstić information content (AvgIpc) is 3.39. The van der Waals surface area contributed by atoms with Gasteiger partial charge in [0.05, 0.1) is 29.3 Å². The predicted octanol–water partition coefficient (Wildman–Crippen LogP) is 4.12. The maximum absolute atomic E-state index is 4.88. The quantitative estimate of drug-likeness (QED) is 0.566. The number of hydrogen-bond acceptors (Lipinski definition) is 6. The number of thiophene rings is 1. The fourth-order valence-electron chi connectivity index (χ4n) is 4.15. The van der Waals surface area contributed by atoms with Crippen molar-refractivity contribution in [2.24, 2.45) is 5.92 Å². The van der Waals surface area contributed by atoms with Crippen LogP contribution in [-0.4, -0.2) is 37.7 Å². The van der Waals surface area contributed by atoms with E-state index in [2.05, 4.69) is 28.3 Å². The van der Waals surface area contributed by atoms with Crippen molar-refractivity contribution in [3.05, 3.63) is 40.8 Å². The maximum atomic E-state index is 4.88. The lowest BCUT2D eigenvalue weighted by Gasteiger charge is -2.13. The second-order valence-electron chi connectivity index (χ2n) is 7.92. The molecule has 5 heterocycles. The predicted molar refractivity (Wildman–Crippen MR) is 113 cm³/mol. The normalized spacial score (nSPS) is 18.3. The van der Waals surface area contributed by atoms with Gasteiger partial charge in [-0.3, -0.25) is 9.97 Å². The highest BCUT2D eigenvalue weighted by Gasteiger charge is 2.20. The van der Waals surface area contributed by atoms with Gasteiger partial charge in [0.2, 0.25) is 0 Å². The maximum Gasteiger partial charge on any atom is 0.142 e. The summed E-state index contributed by atoms with van der Waals surface area (Å²) >= 11 is 1.77. The second kappa shape index (κ2) is 6.90. The van der Waals surface area contributed by atoms with Crippen LogP contribution >= 0.6 is 11.3 Å². The Morgan fingerprint density at radius 2 is 2.14 bits per heavy atom. The van der Waals surface area contributed by atoms with Crippen LogP contribution < -0.4 is 5.32 Å². The first kappa shape index (κ1) is 17.7. The van der Waals surface area contributed by atoms with Crippen molar-refractivity contribution in [3.8, 4) is 11.4 Å². The van der Waals surface area contributed by atoms with Crippen molar-refractivity contribution in [1.82, 2.24) is 29.9 Å². The number of aromatic nitrogens is 5. The Morgan fingerprint density at radius 3 is 2.96 bits per heavy atom. The first-order valence-electron chi connectivity index (χ1n) is 9.88. The molecular weight excluding hydrogens is 368 g/mol. The van der Waals surface area contributed by atoms with E-state index in [1.165, 1.54) is 17.7 Å². The summed E-state index contributed by atoms with van der Waals surface area (Å²) in [5.74, 6) is 1.33. The Morgan fingerprint density at radius 1 is 1.25 bits per heavy atom. The SMILES string of the molecule is Cc1cn2nc(-c3cnc4cc(C(C)CC5CCNC5)sc4n3)cc2c(C)n1. The zero-order valence-corrected chi connectivity index (χ0v) is 17.3. The third kappa shape index (κ3) is 3.18. The van der Waals surface area contributed by atoms with E-state index < -0.39 is 0 Å². The number of hydrogen-bond donors (Lipinski definition) is 1. The Kier molecular flexibility index (Phi) is 4.36. The Labute approximate surface area is 168 Å². The lowest BCUT2D eigenvalue weighted by Crippen LogP contribution is -2.10. The molecule has 144 valence electrons. The van der Waals surface area contributed by atoms with E-state index >= 15 is 0 Å². The third-order valence-corrected chi connectivity index (χ3v) is 6.87. The monoisotopic (exact) mass is 392 g/mol. The molecule has 5 rings (SSSR count). The van der Waals surface area contributed by atoms with Crippen LogP contribution in [0.1, 0.15) is 41.9 Å². The van der Waals surface area contributed by atoms with Crippen molar-refractivity contribution in [3.63, 3.8) is 0 Å². The summed E-state index contributed by atoms with van der Waals surface area (Å²) in [7, 11) is 0. The molecule has 0 amide bonds. The molecule has 6 nitrogen and oxygen atoms in total.